The molecule has 8 N–H and O–H groups in total. The van der Waals surface area contributed by atoms with E-state index in [9.17, 15) is 24.3 Å². The Morgan fingerprint density at radius 2 is 1.82 bits per heavy atom. The van der Waals surface area contributed by atoms with Gasteiger partial charge in [0.1, 0.15) is 12.1 Å². The summed E-state index contributed by atoms with van der Waals surface area (Å²) >= 11 is 0. The molecule has 0 saturated carbocycles. The Hall–Kier alpha value is -4.19. The Balaban J connectivity index is 1.71. The number of carbonyl (C=O) groups excluding carboxylic acids is 3. The molecule has 2 atom stereocenters. The number of benzene rings is 1. The van der Waals surface area contributed by atoms with Crippen molar-refractivity contribution in [3.63, 3.8) is 0 Å². The third-order valence-electron chi connectivity index (χ3n) is 4.98. The number of nitrogens with zero attached hydrogens (tertiary/aromatic N) is 1. The maximum atomic E-state index is 13.0. The quantitative estimate of drug-likeness (QED) is 0.189. The number of rotatable bonds is 11. The number of para-hydroxylation sites is 1. The average molecular weight is 455 g/mol. The summed E-state index contributed by atoms with van der Waals surface area (Å²) in [4.78, 5) is 58.2. The largest absolute Gasteiger partial charge is 0.480 e. The highest BCUT2D eigenvalue weighted by atomic mass is 16.4. The summed E-state index contributed by atoms with van der Waals surface area (Å²) in [5.74, 6) is -3.05. The van der Waals surface area contributed by atoms with Crippen LogP contribution in [-0.4, -0.2) is 68.9 Å². The maximum Gasteiger partial charge on any atom is 0.326 e. The Morgan fingerprint density at radius 1 is 1.03 bits per heavy atom. The minimum Gasteiger partial charge on any atom is -0.480 e. The van der Waals surface area contributed by atoms with Crippen molar-refractivity contribution in [1.29, 1.82) is 0 Å². The molecule has 12 heteroatoms. The van der Waals surface area contributed by atoms with Gasteiger partial charge in [-0.05, 0) is 11.6 Å². The van der Waals surface area contributed by atoms with Gasteiger partial charge in [-0.1, -0.05) is 18.2 Å². The molecule has 3 rings (SSSR count). The molecule has 0 aliphatic rings. The van der Waals surface area contributed by atoms with Gasteiger partial charge >= 0.3 is 5.97 Å². The molecule has 0 aliphatic heterocycles. The van der Waals surface area contributed by atoms with Gasteiger partial charge in [0.05, 0.1) is 19.4 Å². The van der Waals surface area contributed by atoms with Crippen LogP contribution in [0.1, 0.15) is 11.3 Å². The number of carboxylic acid groups (broad SMARTS) is 1. The van der Waals surface area contributed by atoms with Crippen LogP contribution in [-0.2, 0) is 32.0 Å². The molecule has 0 spiro atoms. The van der Waals surface area contributed by atoms with E-state index in [1.165, 1.54) is 12.5 Å². The number of aliphatic carboxylic acids is 1. The number of aromatic amines is 2. The lowest BCUT2D eigenvalue weighted by atomic mass is 10.0. The van der Waals surface area contributed by atoms with Crippen molar-refractivity contribution < 1.29 is 24.3 Å². The van der Waals surface area contributed by atoms with E-state index in [1.54, 1.807) is 6.20 Å². The molecule has 1 aromatic carbocycles. The first-order valence-electron chi connectivity index (χ1n) is 10.2. The molecule has 2 unspecified atom stereocenters. The number of carbonyl (C=O) groups is 4. The van der Waals surface area contributed by atoms with E-state index in [4.69, 9.17) is 5.73 Å². The second-order valence-corrected chi connectivity index (χ2v) is 7.34. The molecule has 3 aromatic rings. The van der Waals surface area contributed by atoms with E-state index >= 15 is 0 Å². The van der Waals surface area contributed by atoms with Gasteiger partial charge in [-0.3, -0.25) is 14.4 Å². The third-order valence-corrected chi connectivity index (χ3v) is 4.98. The number of H-pyrrole nitrogens is 2. The van der Waals surface area contributed by atoms with Crippen LogP contribution in [0, 0.1) is 0 Å². The topological polar surface area (TPSA) is 195 Å². The minimum absolute atomic E-state index is 0.0435. The fourth-order valence-electron chi connectivity index (χ4n) is 3.31. The van der Waals surface area contributed by atoms with Crippen molar-refractivity contribution in [3.8, 4) is 0 Å². The van der Waals surface area contributed by atoms with E-state index in [-0.39, 0.29) is 25.9 Å². The molecule has 174 valence electrons. The molecular weight excluding hydrogens is 430 g/mol. The van der Waals surface area contributed by atoms with E-state index in [0.29, 0.717) is 5.69 Å². The number of hydrogen-bond donors (Lipinski definition) is 7. The van der Waals surface area contributed by atoms with Crippen LogP contribution in [0.25, 0.3) is 10.9 Å². The van der Waals surface area contributed by atoms with Crippen LogP contribution in [0.3, 0.4) is 0 Å². The highest BCUT2D eigenvalue weighted by Gasteiger charge is 2.28. The monoisotopic (exact) mass is 455 g/mol. The molecule has 12 nitrogen and oxygen atoms in total. The summed E-state index contributed by atoms with van der Waals surface area (Å²) in [5.41, 5.74) is 7.34. The lowest BCUT2D eigenvalue weighted by Gasteiger charge is -2.21. The number of hydrogen-bond acceptors (Lipinski definition) is 6. The summed E-state index contributed by atoms with van der Waals surface area (Å²) in [6.45, 7) is -0.653. The Labute approximate surface area is 188 Å². The minimum atomic E-state index is -1.23. The summed E-state index contributed by atoms with van der Waals surface area (Å²) in [6, 6.07) is 5.10. The van der Waals surface area contributed by atoms with Gasteiger partial charge in [0, 0.05) is 41.8 Å². The highest BCUT2D eigenvalue weighted by Crippen LogP contribution is 2.19. The van der Waals surface area contributed by atoms with Crippen LogP contribution in [0.4, 0.5) is 0 Å². The van der Waals surface area contributed by atoms with E-state index < -0.39 is 35.8 Å². The lowest BCUT2D eigenvalue weighted by Crippen LogP contribution is -2.54. The van der Waals surface area contributed by atoms with E-state index in [0.717, 1.165) is 16.5 Å². The van der Waals surface area contributed by atoms with Crippen molar-refractivity contribution in [3.05, 3.63) is 54.2 Å². The number of imidazole rings is 1. The molecule has 0 bridgehead atoms. The first-order chi connectivity index (χ1) is 15.9. The second kappa shape index (κ2) is 10.9. The van der Waals surface area contributed by atoms with Gasteiger partial charge in [0.2, 0.25) is 17.7 Å². The fraction of sp³-hybridized carbons (Fsp3) is 0.286. The number of fused-ring (bicyclic) bond motifs is 1. The zero-order chi connectivity index (χ0) is 23.8. The summed E-state index contributed by atoms with van der Waals surface area (Å²) in [7, 11) is 0. The van der Waals surface area contributed by atoms with Gasteiger partial charge in [-0.25, -0.2) is 9.78 Å². The van der Waals surface area contributed by atoms with E-state index in [2.05, 4.69) is 30.9 Å². The number of carboxylic acids is 1. The zero-order valence-corrected chi connectivity index (χ0v) is 17.6. The first kappa shape index (κ1) is 23.5. The SMILES string of the molecule is NCC(=O)NCC(=O)NC(Cc1cnc[nH]1)C(=O)NC(Cc1c[nH]c2ccccc12)C(=O)O. The maximum absolute atomic E-state index is 13.0. The second-order valence-electron chi connectivity index (χ2n) is 7.34. The molecule has 3 amide bonds. The molecular formula is C21H25N7O5. The predicted octanol–water partition coefficient (Wildman–Crippen LogP) is -1.19. The smallest absolute Gasteiger partial charge is 0.326 e. The number of nitrogens with one attached hydrogen (secondary N) is 5. The summed E-state index contributed by atoms with van der Waals surface area (Å²) < 4.78 is 0. The van der Waals surface area contributed by atoms with Crippen LogP contribution < -0.4 is 21.7 Å². The number of aromatic nitrogens is 3. The van der Waals surface area contributed by atoms with Crippen molar-refractivity contribution >= 4 is 34.6 Å². The molecule has 2 aromatic heterocycles. The third kappa shape index (κ3) is 6.40. The Morgan fingerprint density at radius 3 is 2.52 bits per heavy atom. The van der Waals surface area contributed by atoms with Gasteiger partial charge in [0.25, 0.3) is 0 Å². The molecule has 0 fully saturated rings. The van der Waals surface area contributed by atoms with Gasteiger partial charge in [0.15, 0.2) is 0 Å². The fourth-order valence-corrected chi connectivity index (χ4v) is 3.31. The molecule has 0 radical (unpaired) electrons. The molecule has 2 heterocycles. The van der Waals surface area contributed by atoms with Gasteiger partial charge in [-0.2, -0.15) is 0 Å². The van der Waals surface area contributed by atoms with Crippen molar-refractivity contribution in [2.45, 2.75) is 24.9 Å². The molecule has 0 aliphatic carbocycles. The predicted molar refractivity (Wildman–Crippen MR) is 118 cm³/mol. The summed E-state index contributed by atoms with van der Waals surface area (Å²) in [5, 5.41) is 17.9. The summed E-state index contributed by atoms with van der Waals surface area (Å²) in [6.07, 6.45) is 4.70. The van der Waals surface area contributed by atoms with Crippen molar-refractivity contribution in [1.82, 2.24) is 30.9 Å². The average Bonchev–Trinajstić information content (AvgIpc) is 3.46. The van der Waals surface area contributed by atoms with Gasteiger partial charge in [-0.15, -0.1) is 0 Å². The standard InChI is InChI=1S/C21H25N7O5/c22-7-18(29)25-10-19(30)27-16(6-13-9-23-11-26-13)20(31)28-17(21(32)33)5-12-8-24-15-4-2-1-3-14(12)15/h1-4,8-9,11,16-17,24H,5-7,10,22H2,(H,23,26)(H,25,29)(H,27,30)(H,28,31)(H,32,33). The van der Waals surface area contributed by atoms with Crippen LogP contribution in [0.2, 0.25) is 0 Å². The number of amides is 3. The lowest BCUT2D eigenvalue weighted by molar-refractivity contribution is -0.142. The Kier molecular flexibility index (Phi) is 7.76. The normalized spacial score (nSPS) is 12.6. The number of nitrogens with two attached hydrogens (primary N) is 1. The van der Waals surface area contributed by atoms with Crippen molar-refractivity contribution in [2.75, 3.05) is 13.1 Å². The molecule has 33 heavy (non-hydrogen) atoms. The van der Waals surface area contributed by atoms with Crippen LogP contribution in [0.15, 0.2) is 43.0 Å². The first-order valence-corrected chi connectivity index (χ1v) is 10.2. The van der Waals surface area contributed by atoms with Gasteiger partial charge < -0.3 is 36.8 Å². The van der Waals surface area contributed by atoms with Crippen LogP contribution >= 0.6 is 0 Å². The highest BCUT2D eigenvalue weighted by molar-refractivity contribution is 5.92. The Bertz CT molecular complexity index is 1130. The van der Waals surface area contributed by atoms with E-state index in [1.807, 2.05) is 24.3 Å². The van der Waals surface area contributed by atoms with Crippen molar-refractivity contribution in [2.24, 2.45) is 5.73 Å². The van der Waals surface area contributed by atoms with Crippen LogP contribution in [0.5, 0.6) is 0 Å². The molecule has 0 saturated heterocycles. The zero-order valence-electron chi connectivity index (χ0n) is 17.6.